The number of rotatable bonds is 5. The van der Waals surface area contributed by atoms with Crippen molar-refractivity contribution in [3.05, 3.63) is 98.8 Å². The highest BCUT2D eigenvalue weighted by atomic mass is 79.9. The van der Waals surface area contributed by atoms with Crippen molar-refractivity contribution in [2.24, 2.45) is 0 Å². The number of aromatic nitrogens is 1. The lowest BCUT2D eigenvalue weighted by molar-refractivity contribution is -0.124. The lowest BCUT2D eigenvalue weighted by Crippen LogP contribution is -2.48. The van der Waals surface area contributed by atoms with Crippen LogP contribution in [-0.4, -0.2) is 34.7 Å². The number of halogens is 3. The van der Waals surface area contributed by atoms with E-state index < -0.39 is 5.41 Å². The van der Waals surface area contributed by atoms with E-state index in [0.717, 1.165) is 15.6 Å². The number of Topliss-reactive ketones (excluding diaryl/α,β-unsaturated/α-hetero) is 1. The van der Waals surface area contributed by atoms with Gasteiger partial charge in [0.2, 0.25) is 0 Å². The van der Waals surface area contributed by atoms with Gasteiger partial charge in [0.05, 0.1) is 10.4 Å². The van der Waals surface area contributed by atoms with Crippen LogP contribution in [0.5, 0.6) is 0 Å². The Bertz CT molecular complexity index is 1460. The van der Waals surface area contributed by atoms with E-state index in [0.29, 0.717) is 53.0 Å². The van der Waals surface area contributed by atoms with E-state index in [1.807, 2.05) is 54.6 Å². The predicted octanol–water partition coefficient (Wildman–Crippen LogP) is 7.84. The summed E-state index contributed by atoms with van der Waals surface area (Å²) in [6.45, 7) is 2.46. The van der Waals surface area contributed by atoms with Crippen molar-refractivity contribution in [3.8, 4) is 22.6 Å². The molecule has 8 heteroatoms. The first-order valence-corrected chi connectivity index (χ1v) is 13.4. The quantitative estimate of drug-likeness (QED) is 0.235. The van der Waals surface area contributed by atoms with Gasteiger partial charge in [0.1, 0.15) is 11.5 Å². The zero-order chi connectivity index (χ0) is 26.2. The maximum Gasteiger partial charge on any atom is 0.309 e. The normalized spacial score (nSPS) is 15.0. The Morgan fingerprint density at radius 3 is 2.27 bits per heavy atom. The van der Waals surface area contributed by atoms with Crippen LogP contribution in [0.3, 0.4) is 0 Å². The number of ketones is 1. The molecule has 0 radical (unpaired) electrons. The lowest BCUT2D eigenvalue weighted by Gasteiger charge is -2.40. The molecule has 2 heterocycles. The average molecular weight is 598 g/mol. The molecule has 1 aliphatic rings. The molecular weight excluding hydrogens is 575 g/mol. The molecule has 0 N–H and O–H groups in total. The molecule has 3 aromatic carbocycles. The summed E-state index contributed by atoms with van der Waals surface area (Å²) in [5.41, 5.74) is 2.23. The molecule has 1 aliphatic heterocycles. The lowest BCUT2D eigenvalue weighted by atomic mass is 9.70. The molecule has 1 fully saturated rings. The molecule has 0 atom stereocenters. The Balaban J connectivity index is 1.47. The summed E-state index contributed by atoms with van der Waals surface area (Å²) >= 11 is 16.1. The van der Waals surface area contributed by atoms with Crippen LogP contribution < -0.4 is 0 Å². The van der Waals surface area contributed by atoms with Gasteiger partial charge in [-0.05, 0) is 55.7 Å². The topological polar surface area (TPSA) is 63.4 Å². The van der Waals surface area contributed by atoms with Gasteiger partial charge in [-0.2, -0.15) is 0 Å². The molecule has 1 amide bonds. The SMILES string of the molecule is CC(=O)C1(c2ccccc2)CCN(C(=O)c2nc(-c3ccc(Cl)cc3Cl)c(-c3ccc(Br)cc3)o2)CC1. The summed E-state index contributed by atoms with van der Waals surface area (Å²) in [6.07, 6.45) is 1.07. The van der Waals surface area contributed by atoms with Gasteiger partial charge in [-0.25, -0.2) is 4.98 Å². The van der Waals surface area contributed by atoms with Gasteiger partial charge in [-0.3, -0.25) is 9.59 Å². The maximum atomic E-state index is 13.6. The molecule has 1 saturated heterocycles. The minimum atomic E-state index is -0.598. The second-order valence-electron chi connectivity index (χ2n) is 9.12. The molecular formula is C29H23BrCl2N2O3. The summed E-state index contributed by atoms with van der Waals surface area (Å²) in [6, 6.07) is 22.5. The first kappa shape index (κ1) is 25.7. The second-order valence-corrected chi connectivity index (χ2v) is 10.9. The largest absolute Gasteiger partial charge is 0.432 e. The molecule has 0 saturated carbocycles. The first-order chi connectivity index (χ1) is 17.8. The summed E-state index contributed by atoms with van der Waals surface area (Å²) < 4.78 is 7.02. The molecule has 188 valence electrons. The number of piperidine rings is 1. The highest BCUT2D eigenvalue weighted by molar-refractivity contribution is 9.10. The van der Waals surface area contributed by atoms with E-state index in [-0.39, 0.29) is 17.6 Å². The van der Waals surface area contributed by atoms with Crippen molar-refractivity contribution < 1.29 is 14.0 Å². The average Bonchev–Trinajstić information content (AvgIpc) is 3.34. The Morgan fingerprint density at radius 1 is 0.973 bits per heavy atom. The summed E-state index contributed by atoms with van der Waals surface area (Å²) in [7, 11) is 0. The standard InChI is InChI=1S/C29H23BrCl2N2O3/c1-18(35)29(20-5-3-2-4-6-20)13-15-34(16-14-29)28(36)27-33-25(23-12-11-22(31)17-24(23)32)26(37-27)19-7-9-21(30)10-8-19/h2-12,17H,13-16H2,1H3. The Labute approximate surface area is 233 Å². The molecule has 0 unspecified atom stereocenters. The van der Waals surface area contributed by atoms with Crippen molar-refractivity contribution >= 4 is 50.8 Å². The third kappa shape index (κ3) is 4.98. The van der Waals surface area contributed by atoms with Crippen LogP contribution in [-0.2, 0) is 10.2 Å². The Kier molecular flexibility index (Phi) is 7.26. The molecule has 1 aromatic heterocycles. The van der Waals surface area contributed by atoms with Gasteiger partial charge in [-0.15, -0.1) is 0 Å². The summed E-state index contributed by atoms with van der Waals surface area (Å²) in [5, 5.41) is 0.907. The third-order valence-electron chi connectivity index (χ3n) is 7.01. The molecule has 5 nitrogen and oxygen atoms in total. The van der Waals surface area contributed by atoms with E-state index in [1.165, 1.54) is 0 Å². The van der Waals surface area contributed by atoms with Crippen molar-refractivity contribution in [3.63, 3.8) is 0 Å². The van der Waals surface area contributed by atoms with Crippen LogP contribution >= 0.6 is 39.1 Å². The molecule has 0 spiro atoms. The fourth-order valence-corrected chi connectivity index (χ4v) is 5.66. The van der Waals surface area contributed by atoms with Crippen molar-refractivity contribution in [1.82, 2.24) is 9.88 Å². The van der Waals surface area contributed by atoms with E-state index in [9.17, 15) is 9.59 Å². The van der Waals surface area contributed by atoms with E-state index >= 15 is 0 Å². The van der Waals surface area contributed by atoms with E-state index in [1.54, 1.807) is 30.0 Å². The molecule has 4 aromatic rings. The second kappa shape index (κ2) is 10.4. The zero-order valence-corrected chi connectivity index (χ0v) is 23.1. The van der Waals surface area contributed by atoms with Gasteiger partial charge in [0.15, 0.2) is 5.76 Å². The number of nitrogens with zero attached hydrogens (tertiary/aromatic N) is 2. The fourth-order valence-electron chi connectivity index (χ4n) is 4.90. The monoisotopic (exact) mass is 596 g/mol. The zero-order valence-electron chi connectivity index (χ0n) is 20.0. The van der Waals surface area contributed by atoms with Crippen molar-refractivity contribution in [1.29, 1.82) is 0 Å². The smallest absolute Gasteiger partial charge is 0.309 e. The summed E-state index contributed by atoms with van der Waals surface area (Å²) in [4.78, 5) is 32.6. The van der Waals surface area contributed by atoms with Crippen molar-refractivity contribution in [2.45, 2.75) is 25.2 Å². The number of oxazole rings is 1. The number of carbonyl (C=O) groups excluding carboxylic acids is 2. The molecule has 5 rings (SSSR count). The third-order valence-corrected chi connectivity index (χ3v) is 8.08. The van der Waals surface area contributed by atoms with Crippen LogP contribution in [0, 0.1) is 0 Å². The van der Waals surface area contributed by atoms with E-state index in [2.05, 4.69) is 20.9 Å². The van der Waals surface area contributed by atoms with Gasteiger partial charge < -0.3 is 9.32 Å². The minimum absolute atomic E-state index is 0.0195. The number of carbonyl (C=O) groups is 2. The molecule has 0 bridgehead atoms. The predicted molar refractivity (Wildman–Crippen MR) is 149 cm³/mol. The number of amides is 1. The highest BCUT2D eigenvalue weighted by Crippen LogP contribution is 2.40. The number of hydrogen-bond donors (Lipinski definition) is 0. The number of likely N-dealkylation sites (tertiary alicyclic amines) is 1. The van der Waals surface area contributed by atoms with Crippen LogP contribution in [0.4, 0.5) is 0 Å². The highest BCUT2D eigenvalue weighted by Gasteiger charge is 2.42. The fraction of sp³-hybridized carbons (Fsp3) is 0.207. The van der Waals surface area contributed by atoms with Crippen LogP contribution in [0.25, 0.3) is 22.6 Å². The van der Waals surface area contributed by atoms with Gasteiger partial charge in [-0.1, -0.05) is 81.6 Å². The number of hydrogen-bond acceptors (Lipinski definition) is 4. The van der Waals surface area contributed by atoms with Gasteiger partial charge >= 0.3 is 5.91 Å². The van der Waals surface area contributed by atoms with Crippen LogP contribution in [0.2, 0.25) is 10.0 Å². The minimum Gasteiger partial charge on any atom is -0.432 e. The maximum absolute atomic E-state index is 13.6. The summed E-state index contributed by atoms with van der Waals surface area (Å²) in [5.74, 6) is 0.215. The molecule has 37 heavy (non-hydrogen) atoms. The van der Waals surface area contributed by atoms with Gasteiger partial charge in [0.25, 0.3) is 5.89 Å². The Morgan fingerprint density at radius 2 is 1.65 bits per heavy atom. The van der Waals surface area contributed by atoms with E-state index in [4.69, 9.17) is 27.6 Å². The van der Waals surface area contributed by atoms with Crippen LogP contribution in [0.15, 0.2) is 81.7 Å². The Hall–Kier alpha value is -2.93. The molecule has 0 aliphatic carbocycles. The van der Waals surface area contributed by atoms with Crippen molar-refractivity contribution in [2.75, 3.05) is 13.1 Å². The van der Waals surface area contributed by atoms with Crippen LogP contribution in [0.1, 0.15) is 36.0 Å². The van der Waals surface area contributed by atoms with Gasteiger partial charge in [0, 0.05) is 33.7 Å². The first-order valence-electron chi connectivity index (χ1n) is 11.9. The number of benzene rings is 3.